The minimum Gasteiger partial charge on any atom is -0.355 e. The summed E-state index contributed by atoms with van der Waals surface area (Å²) in [6, 6.07) is 1.82. The van der Waals surface area contributed by atoms with Gasteiger partial charge in [0.05, 0.1) is 5.41 Å². The van der Waals surface area contributed by atoms with Crippen LogP contribution in [0.5, 0.6) is 0 Å². The van der Waals surface area contributed by atoms with Crippen molar-refractivity contribution in [1.82, 2.24) is 20.2 Å². The molecule has 1 saturated carbocycles. The fourth-order valence-corrected chi connectivity index (χ4v) is 5.74. The Kier molecular flexibility index (Phi) is 6.15. The second-order valence-corrected chi connectivity index (χ2v) is 10.2. The molecule has 1 N–H and O–H groups in total. The van der Waals surface area contributed by atoms with Gasteiger partial charge in [0.2, 0.25) is 17.8 Å². The van der Waals surface area contributed by atoms with E-state index in [-0.39, 0.29) is 17.7 Å². The molecular formula is C25H35N5O2. The second kappa shape index (κ2) is 9.20. The maximum atomic E-state index is 13.6. The molecule has 5 rings (SSSR count). The Balaban J connectivity index is 1.34. The zero-order valence-electron chi connectivity index (χ0n) is 19.0. The van der Waals surface area contributed by atoms with Gasteiger partial charge in [0.1, 0.15) is 0 Å². The summed E-state index contributed by atoms with van der Waals surface area (Å²) in [6.45, 7) is 3.53. The number of fused-ring (bicyclic) bond motifs is 1. The van der Waals surface area contributed by atoms with Gasteiger partial charge in [-0.25, -0.2) is 9.97 Å². The molecule has 7 heteroatoms. The Morgan fingerprint density at radius 1 is 1.12 bits per heavy atom. The van der Waals surface area contributed by atoms with Gasteiger partial charge in [-0.2, -0.15) is 0 Å². The van der Waals surface area contributed by atoms with Crippen molar-refractivity contribution in [2.24, 2.45) is 17.3 Å². The lowest BCUT2D eigenvalue weighted by atomic mass is 9.74. The predicted octanol–water partition coefficient (Wildman–Crippen LogP) is 2.94. The van der Waals surface area contributed by atoms with E-state index in [0.29, 0.717) is 37.9 Å². The molecule has 3 fully saturated rings. The molecule has 7 nitrogen and oxygen atoms in total. The maximum absolute atomic E-state index is 13.6. The Hall–Kier alpha value is -2.44. The Bertz CT molecular complexity index is 868. The molecule has 1 aromatic heterocycles. The van der Waals surface area contributed by atoms with Crippen LogP contribution in [0.4, 0.5) is 5.95 Å². The van der Waals surface area contributed by atoms with Crippen molar-refractivity contribution in [3.63, 3.8) is 0 Å². The van der Waals surface area contributed by atoms with E-state index < -0.39 is 5.41 Å². The third-order valence-electron chi connectivity index (χ3n) is 7.84. The molecule has 0 unspecified atom stereocenters. The van der Waals surface area contributed by atoms with Gasteiger partial charge in [0, 0.05) is 57.5 Å². The van der Waals surface area contributed by atoms with E-state index in [9.17, 15) is 9.59 Å². The number of carbonyl (C=O) groups is 2. The van der Waals surface area contributed by atoms with E-state index in [2.05, 4.69) is 26.3 Å². The lowest BCUT2D eigenvalue weighted by Gasteiger charge is -2.32. The van der Waals surface area contributed by atoms with Gasteiger partial charge in [0.25, 0.3) is 0 Å². The molecule has 172 valence electrons. The third kappa shape index (κ3) is 4.52. The van der Waals surface area contributed by atoms with Crippen molar-refractivity contribution in [1.29, 1.82) is 0 Å². The Morgan fingerprint density at radius 2 is 1.97 bits per heavy atom. The van der Waals surface area contributed by atoms with Crippen LogP contribution in [-0.4, -0.2) is 59.4 Å². The minimum atomic E-state index is -0.479. The SMILES string of the molecule is O=C(CC1=CCCCC1)N1CCC[C@@]2(C(=O)NCC3CC3)CN(c3ncccn3)C[C@@H]2C1. The molecule has 2 atom stereocenters. The molecule has 4 aliphatic rings. The van der Waals surface area contributed by atoms with Gasteiger partial charge in [0.15, 0.2) is 0 Å². The topological polar surface area (TPSA) is 78.4 Å². The normalized spacial score (nSPS) is 28.0. The summed E-state index contributed by atoms with van der Waals surface area (Å²) in [5, 5.41) is 3.27. The zero-order chi connectivity index (χ0) is 22.0. The largest absolute Gasteiger partial charge is 0.355 e. The number of rotatable bonds is 6. The predicted molar refractivity (Wildman–Crippen MR) is 123 cm³/mol. The van der Waals surface area contributed by atoms with Crippen molar-refractivity contribution < 1.29 is 9.59 Å². The summed E-state index contributed by atoms with van der Waals surface area (Å²) in [7, 11) is 0. The van der Waals surface area contributed by atoms with Crippen molar-refractivity contribution >= 4 is 17.8 Å². The third-order valence-corrected chi connectivity index (χ3v) is 7.84. The van der Waals surface area contributed by atoms with E-state index in [1.165, 1.54) is 31.3 Å². The minimum absolute atomic E-state index is 0.0947. The summed E-state index contributed by atoms with van der Waals surface area (Å²) in [6.07, 6.45) is 15.0. The van der Waals surface area contributed by atoms with E-state index >= 15 is 0 Å². The highest BCUT2D eigenvalue weighted by molar-refractivity contribution is 5.85. The molecule has 2 aliphatic heterocycles. The number of nitrogens with one attached hydrogen (secondary N) is 1. The first-order chi connectivity index (χ1) is 15.6. The molecule has 3 heterocycles. The first-order valence-electron chi connectivity index (χ1n) is 12.4. The van der Waals surface area contributed by atoms with Crippen LogP contribution < -0.4 is 10.2 Å². The highest BCUT2D eigenvalue weighted by Crippen LogP contribution is 2.44. The van der Waals surface area contributed by atoms with Crippen LogP contribution >= 0.6 is 0 Å². The number of hydrogen-bond donors (Lipinski definition) is 1. The van der Waals surface area contributed by atoms with E-state index in [1.54, 1.807) is 12.4 Å². The van der Waals surface area contributed by atoms with E-state index in [0.717, 1.165) is 38.8 Å². The quantitative estimate of drug-likeness (QED) is 0.693. The summed E-state index contributed by atoms with van der Waals surface area (Å²) in [4.78, 5) is 39.8. The summed E-state index contributed by atoms with van der Waals surface area (Å²) >= 11 is 0. The van der Waals surface area contributed by atoms with Crippen molar-refractivity contribution in [3.05, 3.63) is 30.1 Å². The fourth-order valence-electron chi connectivity index (χ4n) is 5.74. The zero-order valence-corrected chi connectivity index (χ0v) is 19.0. The smallest absolute Gasteiger partial charge is 0.228 e. The molecule has 0 radical (unpaired) electrons. The van der Waals surface area contributed by atoms with Gasteiger partial charge >= 0.3 is 0 Å². The lowest BCUT2D eigenvalue weighted by molar-refractivity contribution is -0.135. The fraction of sp³-hybridized carbons (Fsp3) is 0.680. The number of nitrogens with zero attached hydrogens (tertiary/aromatic N) is 4. The number of anilines is 1. The highest BCUT2D eigenvalue weighted by Gasteiger charge is 2.54. The summed E-state index contributed by atoms with van der Waals surface area (Å²) < 4.78 is 0. The van der Waals surface area contributed by atoms with Crippen LogP contribution in [0.3, 0.4) is 0 Å². The molecule has 0 bridgehead atoms. The Labute approximate surface area is 190 Å². The number of aromatic nitrogens is 2. The molecule has 2 aliphatic carbocycles. The van der Waals surface area contributed by atoms with Gasteiger partial charge in [-0.3, -0.25) is 9.59 Å². The molecule has 2 amide bonds. The average molecular weight is 438 g/mol. The molecule has 1 aromatic rings. The van der Waals surface area contributed by atoms with E-state index in [1.807, 2.05) is 11.0 Å². The van der Waals surface area contributed by atoms with Crippen molar-refractivity contribution in [2.45, 2.75) is 57.8 Å². The number of hydrogen-bond acceptors (Lipinski definition) is 5. The van der Waals surface area contributed by atoms with Crippen LogP contribution in [0.25, 0.3) is 0 Å². The van der Waals surface area contributed by atoms with Crippen LogP contribution in [-0.2, 0) is 9.59 Å². The molecule has 2 saturated heterocycles. The average Bonchev–Trinajstić information content (AvgIpc) is 3.61. The number of amides is 2. The lowest BCUT2D eigenvalue weighted by Crippen LogP contribution is -2.48. The first-order valence-corrected chi connectivity index (χ1v) is 12.4. The molecule has 0 aromatic carbocycles. The van der Waals surface area contributed by atoms with Gasteiger partial charge in [-0.1, -0.05) is 11.6 Å². The van der Waals surface area contributed by atoms with Crippen molar-refractivity contribution in [2.75, 3.05) is 37.6 Å². The van der Waals surface area contributed by atoms with E-state index in [4.69, 9.17) is 0 Å². The molecule has 0 spiro atoms. The Morgan fingerprint density at radius 3 is 2.72 bits per heavy atom. The standard InChI is InChI=1S/C25H35N5O2/c31-22(14-19-6-2-1-3-7-19)29-13-4-10-25(23(32)28-15-20-8-9-20)18-30(17-21(25)16-29)24-26-11-5-12-27-24/h5-6,11-12,20-21H,1-4,7-10,13-18H2,(H,28,32)/t21-,25+/m0/s1. The summed E-state index contributed by atoms with van der Waals surface area (Å²) in [5.41, 5.74) is 0.817. The maximum Gasteiger partial charge on any atom is 0.228 e. The van der Waals surface area contributed by atoms with Crippen LogP contribution in [0.15, 0.2) is 30.1 Å². The monoisotopic (exact) mass is 437 g/mol. The van der Waals surface area contributed by atoms with Crippen LogP contribution in [0.1, 0.15) is 57.8 Å². The number of likely N-dealkylation sites (tertiary alicyclic amines) is 1. The second-order valence-electron chi connectivity index (χ2n) is 10.2. The molecule has 32 heavy (non-hydrogen) atoms. The number of carbonyl (C=O) groups excluding carboxylic acids is 2. The van der Waals surface area contributed by atoms with Crippen molar-refractivity contribution in [3.8, 4) is 0 Å². The summed E-state index contributed by atoms with van der Waals surface area (Å²) in [5.74, 6) is 1.81. The van der Waals surface area contributed by atoms with Gasteiger partial charge in [-0.15, -0.1) is 0 Å². The van der Waals surface area contributed by atoms with Crippen LogP contribution in [0.2, 0.25) is 0 Å². The van der Waals surface area contributed by atoms with Crippen LogP contribution in [0, 0.1) is 17.3 Å². The van der Waals surface area contributed by atoms with Gasteiger partial charge in [-0.05, 0) is 63.4 Å². The van der Waals surface area contributed by atoms with Gasteiger partial charge < -0.3 is 15.1 Å². The highest BCUT2D eigenvalue weighted by atomic mass is 16.2. The number of allylic oxidation sites excluding steroid dienone is 1. The first kappa shape index (κ1) is 21.4. The molecular weight excluding hydrogens is 402 g/mol.